The van der Waals surface area contributed by atoms with Crippen LogP contribution in [0.25, 0.3) is 16.7 Å². The predicted octanol–water partition coefficient (Wildman–Crippen LogP) is 6.93. The molecule has 0 radical (unpaired) electrons. The second kappa shape index (κ2) is 9.78. The van der Waals surface area contributed by atoms with Crippen LogP contribution in [0.2, 0.25) is 0 Å². The van der Waals surface area contributed by atoms with Gasteiger partial charge in [-0.15, -0.1) is 0 Å². The van der Waals surface area contributed by atoms with Crippen molar-refractivity contribution in [2.75, 3.05) is 13.7 Å². The molecular weight excluding hydrogens is 413 g/mol. The molecule has 0 spiro atoms. The summed E-state index contributed by atoms with van der Waals surface area (Å²) >= 11 is 0. The van der Waals surface area contributed by atoms with Gasteiger partial charge in [-0.2, -0.15) is 0 Å². The molecule has 2 nitrogen and oxygen atoms in total. The van der Waals surface area contributed by atoms with Gasteiger partial charge in [0.1, 0.15) is 11.6 Å². The summed E-state index contributed by atoms with van der Waals surface area (Å²) in [6, 6.07) is 12.2. The molecule has 0 N–H and O–H groups in total. The number of benzene rings is 2. The highest BCUT2D eigenvalue weighted by Crippen LogP contribution is 2.35. The van der Waals surface area contributed by atoms with Crippen LogP contribution in [-0.4, -0.2) is 32.2 Å². The summed E-state index contributed by atoms with van der Waals surface area (Å²) in [6.45, 7) is 2.56. The third-order valence-electron chi connectivity index (χ3n) is 6.20. The minimum absolute atomic E-state index is 0.0271. The summed E-state index contributed by atoms with van der Waals surface area (Å²) in [5.41, 5.74) is 2.89. The number of hydrogen-bond donors (Lipinski definition) is 0. The Kier molecular flexibility index (Phi) is 6.85. The molecule has 4 unspecified atom stereocenters. The summed E-state index contributed by atoms with van der Waals surface area (Å²) in [4.78, 5) is 0. The Morgan fingerprint density at radius 3 is 2.34 bits per heavy atom. The first-order chi connectivity index (χ1) is 15.5. The van der Waals surface area contributed by atoms with Crippen LogP contribution >= 0.6 is 0 Å². The van der Waals surface area contributed by atoms with E-state index in [1.165, 1.54) is 19.3 Å². The first kappa shape index (κ1) is 22.4. The van der Waals surface area contributed by atoms with Gasteiger partial charge in [0, 0.05) is 11.5 Å². The minimum atomic E-state index is -1.83. The highest BCUT2D eigenvalue weighted by Gasteiger charge is 2.32. The third-order valence-corrected chi connectivity index (χ3v) is 6.20. The molecule has 2 aromatic carbocycles. The van der Waals surface area contributed by atoms with Gasteiger partial charge in [0.2, 0.25) is 0 Å². The molecule has 0 bridgehead atoms. The van der Waals surface area contributed by atoms with Crippen molar-refractivity contribution in [3.05, 3.63) is 89.5 Å². The lowest BCUT2D eigenvalue weighted by Crippen LogP contribution is -2.24. The maximum atomic E-state index is 14.9. The Morgan fingerprint density at radius 1 is 0.969 bits per heavy atom. The quantitative estimate of drug-likeness (QED) is 0.469. The molecular formula is C27H27F3O2. The van der Waals surface area contributed by atoms with E-state index in [0.29, 0.717) is 23.3 Å². The van der Waals surface area contributed by atoms with Crippen molar-refractivity contribution in [3.8, 4) is 11.1 Å². The van der Waals surface area contributed by atoms with Gasteiger partial charge in [-0.3, -0.25) is 0 Å². The molecule has 4 rings (SSSR count). The van der Waals surface area contributed by atoms with Crippen LogP contribution in [0.1, 0.15) is 36.8 Å². The van der Waals surface area contributed by atoms with Crippen molar-refractivity contribution >= 4 is 5.57 Å². The van der Waals surface area contributed by atoms with Gasteiger partial charge in [-0.05, 0) is 54.2 Å². The van der Waals surface area contributed by atoms with Gasteiger partial charge in [-0.25, -0.2) is 13.2 Å². The van der Waals surface area contributed by atoms with Gasteiger partial charge < -0.3 is 9.47 Å². The molecule has 2 aliphatic rings. The van der Waals surface area contributed by atoms with E-state index in [2.05, 4.69) is 6.08 Å². The Hall–Kier alpha value is -2.79. The van der Waals surface area contributed by atoms with Gasteiger partial charge in [0.15, 0.2) is 12.3 Å². The Balaban J connectivity index is 1.50. The lowest BCUT2D eigenvalue weighted by atomic mass is 9.89. The standard InChI is InChI=1S/C27H27F3O2/c1-3-4-21-11-9-20(16-32-21)19-10-12-22(24(28)15-19)17-5-7-18(8-6-17)23-13-14-25(31-2)27(30)26(23)29/h3-8,10,12-15,20-21,26-27H,9,11,16H2,1-2H3/b4-3+. The van der Waals surface area contributed by atoms with Gasteiger partial charge in [0.05, 0.1) is 19.8 Å². The molecule has 32 heavy (non-hydrogen) atoms. The SMILES string of the molecule is C/C=C/C1CCC(c2ccc(-c3ccc(C4=CC=C(OC)C(F)C4F)cc3)c(F)c2)CO1. The highest BCUT2D eigenvalue weighted by molar-refractivity contribution is 5.75. The van der Waals surface area contributed by atoms with E-state index in [4.69, 9.17) is 9.47 Å². The number of rotatable bonds is 5. The molecule has 1 saturated heterocycles. The summed E-state index contributed by atoms with van der Waals surface area (Å²) < 4.78 is 54.3. The molecule has 0 saturated carbocycles. The monoisotopic (exact) mass is 440 g/mol. The average Bonchev–Trinajstić information content (AvgIpc) is 2.82. The number of ether oxygens (including phenoxy) is 2. The van der Waals surface area contributed by atoms with Gasteiger partial charge >= 0.3 is 0 Å². The van der Waals surface area contributed by atoms with Crippen LogP contribution in [0.15, 0.2) is 72.5 Å². The first-order valence-electron chi connectivity index (χ1n) is 10.9. The Bertz CT molecular complexity index is 1030. The topological polar surface area (TPSA) is 18.5 Å². The van der Waals surface area contributed by atoms with Crippen molar-refractivity contribution in [2.45, 2.75) is 44.1 Å². The van der Waals surface area contributed by atoms with Crippen molar-refractivity contribution in [1.29, 1.82) is 0 Å². The zero-order chi connectivity index (χ0) is 22.7. The molecule has 4 atom stereocenters. The molecule has 1 fully saturated rings. The molecule has 0 amide bonds. The number of methoxy groups -OCH3 is 1. The van der Waals surface area contributed by atoms with E-state index in [0.717, 1.165) is 18.4 Å². The number of allylic oxidation sites excluding steroid dienone is 5. The Labute approximate surface area is 187 Å². The van der Waals surface area contributed by atoms with Crippen LogP contribution in [0.5, 0.6) is 0 Å². The van der Waals surface area contributed by atoms with E-state index in [9.17, 15) is 13.2 Å². The number of hydrogen-bond acceptors (Lipinski definition) is 2. The fourth-order valence-corrected chi connectivity index (χ4v) is 4.36. The van der Waals surface area contributed by atoms with Crippen LogP contribution in [0, 0.1) is 5.82 Å². The summed E-state index contributed by atoms with van der Waals surface area (Å²) in [5, 5.41) is 0. The van der Waals surface area contributed by atoms with Gasteiger partial charge in [0.25, 0.3) is 0 Å². The zero-order valence-corrected chi connectivity index (χ0v) is 18.2. The highest BCUT2D eigenvalue weighted by atomic mass is 19.2. The minimum Gasteiger partial charge on any atom is -0.498 e. The van der Waals surface area contributed by atoms with Crippen LogP contribution in [0.3, 0.4) is 0 Å². The van der Waals surface area contributed by atoms with E-state index in [1.807, 2.05) is 19.1 Å². The van der Waals surface area contributed by atoms with Gasteiger partial charge in [-0.1, -0.05) is 54.6 Å². The normalized spacial score (nSPS) is 26.0. The van der Waals surface area contributed by atoms with Crippen LogP contribution in [0.4, 0.5) is 13.2 Å². The van der Waals surface area contributed by atoms with E-state index in [-0.39, 0.29) is 29.2 Å². The molecule has 1 aliphatic heterocycles. The summed E-state index contributed by atoms with van der Waals surface area (Å²) in [6.07, 6.45) is 5.40. The lowest BCUT2D eigenvalue weighted by Gasteiger charge is -2.28. The fraction of sp³-hybridized carbons (Fsp3) is 0.333. The smallest absolute Gasteiger partial charge is 0.192 e. The summed E-state index contributed by atoms with van der Waals surface area (Å²) in [7, 11) is 1.32. The van der Waals surface area contributed by atoms with Crippen molar-refractivity contribution < 1.29 is 22.6 Å². The van der Waals surface area contributed by atoms with Crippen LogP contribution in [-0.2, 0) is 9.47 Å². The summed E-state index contributed by atoms with van der Waals surface area (Å²) in [5.74, 6) is -0.149. The molecule has 1 heterocycles. The molecule has 2 aromatic rings. The van der Waals surface area contributed by atoms with Crippen molar-refractivity contribution in [2.24, 2.45) is 0 Å². The fourth-order valence-electron chi connectivity index (χ4n) is 4.36. The second-order valence-corrected chi connectivity index (χ2v) is 8.19. The molecule has 0 aromatic heterocycles. The third kappa shape index (κ3) is 4.53. The molecule has 5 heteroatoms. The Morgan fingerprint density at radius 2 is 1.72 bits per heavy atom. The number of halogens is 3. The molecule has 1 aliphatic carbocycles. The average molecular weight is 441 g/mol. The molecule has 168 valence electrons. The van der Waals surface area contributed by atoms with E-state index < -0.39 is 12.3 Å². The van der Waals surface area contributed by atoms with Crippen molar-refractivity contribution in [1.82, 2.24) is 0 Å². The zero-order valence-electron chi connectivity index (χ0n) is 18.2. The number of alkyl halides is 2. The van der Waals surface area contributed by atoms with Crippen molar-refractivity contribution in [3.63, 3.8) is 0 Å². The second-order valence-electron chi connectivity index (χ2n) is 8.19. The van der Waals surface area contributed by atoms with Crippen LogP contribution < -0.4 is 0 Å². The predicted molar refractivity (Wildman–Crippen MR) is 121 cm³/mol. The maximum Gasteiger partial charge on any atom is 0.192 e. The van der Waals surface area contributed by atoms with E-state index >= 15 is 0 Å². The van der Waals surface area contributed by atoms with E-state index in [1.54, 1.807) is 36.4 Å². The first-order valence-corrected chi connectivity index (χ1v) is 10.9. The maximum absolute atomic E-state index is 14.9. The lowest BCUT2D eigenvalue weighted by molar-refractivity contribution is 0.0326. The largest absolute Gasteiger partial charge is 0.498 e.